The van der Waals surface area contributed by atoms with E-state index in [0.717, 1.165) is 29.0 Å². The van der Waals surface area contributed by atoms with Crippen molar-refractivity contribution in [2.45, 2.75) is 18.9 Å². The van der Waals surface area contributed by atoms with E-state index >= 15 is 0 Å². The van der Waals surface area contributed by atoms with Gasteiger partial charge in [-0.05, 0) is 59.2 Å². The average molecular weight is 517 g/mol. The number of aromatic nitrogens is 1. The Labute approximate surface area is 216 Å². The third-order valence-corrected chi connectivity index (χ3v) is 8.58. The van der Waals surface area contributed by atoms with E-state index in [2.05, 4.69) is 35.7 Å². The maximum Gasteiger partial charge on any atom is 0.271 e. The summed E-state index contributed by atoms with van der Waals surface area (Å²) < 4.78 is 18.9. The molecule has 1 unspecified atom stereocenters. The van der Waals surface area contributed by atoms with E-state index in [1.807, 2.05) is 28.8 Å². The van der Waals surface area contributed by atoms with Crippen molar-refractivity contribution >= 4 is 34.4 Å². The van der Waals surface area contributed by atoms with Crippen LogP contribution in [0.3, 0.4) is 0 Å². The number of thiazole rings is 1. The molecule has 36 heavy (non-hydrogen) atoms. The molecule has 0 spiro atoms. The second-order valence-corrected chi connectivity index (χ2v) is 10.6. The molecule has 182 valence electrons. The lowest BCUT2D eigenvalue weighted by atomic mass is 9.85. The van der Waals surface area contributed by atoms with Crippen LogP contribution in [0.25, 0.3) is 11.8 Å². The third kappa shape index (κ3) is 3.60. The lowest BCUT2D eigenvalue weighted by Gasteiger charge is -2.30. The van der Waals surface area contributed by atoms with Crippen molar-refractivity contribution in [2.75, 3.05) is 21.3 Å². The summed E-state index contributed by atoms with van der Waals surface area (Å²) in [7, 11) is 4.74. The molecule has 0 bridgehead atoms. The van der Waals surface area contributed by atoms with Crippen LogP contribution in [-0.4, -0.2) is 25.9 Å². The fraction of sp³-hybridized carbons (Fsp3) is 0.214. The Bertz CT molecular complexity index is 1650. The van der Waals surface area contributed by atoms with Gasteiger partial charge in [-0.1, -0.05) is 41.7 Å². The SMILES string of the molecule is COc1cc(/C=c2/sc3n(c2=O)C(c2cccs2)C2=C(N=3)c3ccccc3CC2)cc(OC)c1OC. The molecular formula is C28H24N2O4S2. The van der Waals surface area contributed by atoms with E-state index in [1.165, 1.54) is 28.0 Å². The van der Waals surface area contributed by atoms with Crippen molar-refractivity contribution in [3.8, 4) is 17.2 Å². The van der Waals surface area contributed by atoms with E-state index in [1.54, 1.807) is 32.7 Å². The van der Waals surface area contributed by atoms with Crippen molar-refractivity contribution in [3.05, 3.63) is 101 Å². The van der Waals surface area contributed by atoms with Gasteiger partial charge >= 0.3 is 0 Å². The number of thiophene rings is 1. The van der Waals surface area contributed by atoms with Crippen LogP contribution in [0.1, 0.15) is 34.0 Å². The number of aryl methyl sites for hydroxylation is 1. The molecule has 1 aliphatic carbocycles. The van der Waals surface area contributed by atoms with Gasteiger partial charge in [0.05, 0.1) is 37.6 Å². The maximum absolute atomic E-state index is 13.9. The van der Waals surface area contributed by atoms with Gasteiger partial charge in [0.15, 0.2) is 16.3 Å². The van der Waals surface area contributed by atoms with Crippen LogP contribution in [0.4, 0.5) is 0 Å². The standard InChI is InChI=1S/C28H24N2O4S2/c1-32-20-13-16(14-21(33-2)26(20)34-3)15-23-27(31)30-25(22-9-6-12-35-22)19-11-10-17-7-4-5-8-18(17)24(19)29-28(30)36-23/h4-9,12-15,25H,10-11H2,1-3H3/b23-15+. The van der Waals surface area contributed by atoms with Gasteiger partial charge < -0.3 is 14.2 Å². The molecule has 0 N–H and O–H groups in total. The van der Waals surface area contributed by atoms with E-state index in [9.17, 15) is 4.79 Å². The summed E-state index contributed by atoms with van der Waals surface area (Å²) in [6, 6.07) is 16.2. The van der Waals surface area contributed by atoms with E-state index in [4.69, 9.17) is 19.2 Å². The number of fused-ring (bicyclic) bond motifs is 3. The number of hydrogen-bond donors (Lipinski definition) is 0. The zero-order chi connectivity index (χ0) is 24.8. The number of allylic oxidation sites excluding steroid dienone is 1. The molecule has 2 aromatic carbocycles. The zero-order valence-corrected chi connectivity index (χ0v) is 21.7. The molecule has 1 aliphatic heterocycles. The highest BCUT2D eigenvalue weighted by Gasteiger charge is 2.33. The summed E-state index contributed by atoms with van der Waals surface area (Å²) in [6.07, 6.45) is 3.70. The molecule has 2 aromatic heterocycles. The molecule has 2 aliphatic rings. The smallest absolute Gasteiger partial charge is 0.271 e. The molecule has 0 saturated carbocycles. The Morgan fingerprint density at radius 2 is 1.78 bits per heavy atom. The highest BCUT2D eigenvalue weighted by Crippen LogP contribution is 2.42. The van der Waals surface area contributed by atoms with Gasteiger partial charge in [-0.15, -0.1) is 11.3 Å². The van der Waals surface area contributed by atoms with Crippen molar-refractivity contribution in [1.29, 1.82) is 0 Å². The first-order valence-corrected chi connectivity index (χ1v) is 13.3. The summed E-state index contributed by atoms with van der Waals surface area (Å²) in [4.78, 5) is 20.8. The van der Waals surface area contributed by atoms with Crippen LogP contribution >= 0.6 is 22.7 Å². The Morgan fingerprint density at radius 1 is 1.00 bits per heavy atom. The summed E-state index contributed by atoms with van der Waals surface area (Å²) >= 11 is 3.09. The van der Waals surface area contributed by atoms with Gasteiger partial charge in [0.25, 0.3) is 5.56 Å². The molecule has 1 atom stereocenters. The van der Waals surface area contributed by atoms with Crippen LogP contribution in [0.5, 0.6) is 17.2 Å². The molecule has 0 fully saturated rings. The maximum atomic E-state index is 13.9. The first kappa shape index (κ1) is 22.8. The number of nitrogens with zero attached hydrogens (tertiary/aromatic N) is 2. The highest BCUT2D eigenvalue weighted by molar-refractivity contribution is 7.10. The fourth-order valence-electron chi connectivity index (χ4n) is 5.05. The summed E-state index contributed by atoms with van der Waals surface area (Å²) in [5.74, 6) is 1.60. The minimum Gasteiger partial charge on any atom is -0.493 e. The molecule has 4 aromatic rings. The topological polar surface area (TPSA) is 62.1 Å². The summed E-state index contributed by atoms with van der Waals surface area (Å²) in [5.41, 5.74) is 5.44. The van der Waals surface area contributed by atoms with Crippen LogP contribution in [0, 0.1) is 0 Å². The van der Waals surface area contributed by atoms with Crippen molar-refractivity contribution < 1.29 is 14.2 Å². The molecule has 3 heterocycles. The third-order valence-electron chi connectivity index (χ3n) is 6.67. The Morgan fingerprint density at radius 3 is 2.47 bits per heavy atom. The van der Waals surface area contributed by atoms with Gasteiger partial charge in [0, 0.05) is 10.4 Å². The average Bonchev–Trinajstić information content (AvgIpc) is 3.55. The molecule has 0 radical (unpaired) electrons. The van der Waals surface area contributed by atoms with Crippen molar-refractivity contribution in [1.82, 2.24) is 4.57 Å². The monoisotopic (exact) mass is 516 g/mol. The summed E-state index contributed by atoms with van der Waals surface area (Å²) in [6.45, 7) is 0. The van der Waals surface area contributed by atoms with Gasteiger partial charge in [0.1, 0.15) is 0 Å². The predicted octanol–water partition coefficient (Wildman–Crippen LogP) is 4.41. The Balaban J connectivity index is 1.58. The number of ether oxygens (including phenoxy) is 3. The predicted molar refractivity (Wildman–Crippen MR) is 143 cm³/mol. The molecular weight excluding hydrogens is 492 g/mol. The number of hydrogen-bond acceptors (Lipinski definition) is 7. The van der Waals surface area contributed by atoms with Crippen LogP contribution in [0.2, 0.25) is 0 Å². The molecule has 8 heteroatoms. The van der Waals surface area contributed by atoms with Crippen LogP contribution in [0.15, 0.2) is 69.3 Å². The molecule has 6 rings (SSSR count). The van der Waals surface area contributed by atoms with Crippen molar-refractivity contribution in [2.24, 2.45) is 4.99 Å². The van der Waals surface area contributed by atoms with E-state index < -0.39 is 0 Å². The second-order valence-electron chi connectivity index (χ2n) is 8.59. The first-order chi connectivity index (χ1) is 17.6. The van der Waals surface area contributed by atoms with Crippen LogP contribution < -0.4 is 29.1 Å². The lowest BCUT2D eigenvalue weighted by Crippen LogP contribution is -2.38. The number of benzene rings is 2. The Kier molecular flexibility index (Phi) is 5.78. The zero-order valence-electron chi connectivity index (χ0n) is 20.1. The minimum absolute atomic E-state index is 0.0451. The highest BCUT2D eigenvalue weighted by atomic mass is 32.1. The van der Waals surface area contributed by atoms with Gasteiger partial charge in [-0.25, -0.2) is 4.99 Å². The van der Waals surface area contributed by atoms with Crippen LogP contribution in [-0.2, 0) is 6.42 Å². The largest absolute Gasteiger partial charge is 0.493 e. The minimum atomic E-state index is -0.147. The normalized spacial score (nSPS) is 16.6. The molecule has 6 nitrogen and oxygen atoms in total. The summed E-state index contributed by atoms with van der Waals surface area (Å²) in [5, 5.41) is 2.07. The van der Waals surface area contributed by atoms with E-state index in [-0.39, 0.29) is 11.6 Å². The van der Waals surface area contributed by atoms with Gasteiger partial charge in [-0.2, -0.15) is 0 Å². The number of rotatable bonds is 5. The molecule has 0 saturated heterocycles. The van der Waals surface area contributed by atoms with Gasteiger partial charge in [0.2, 0.25) is 5.75 Å². The Hall–Kier alpha value is -3.62. The molecule has 0 amide bonds. The van der Waals surface area contributed by atoms with Crippen molar-refractivity contribution in [3.63, 3.8) is 0 Å². The van der Waals surface area contributed by atoms with E-state index in [0.29, 0.717) is 26.6 Å². The number of methoxy groups -OCH3 is 3. The second kappa shape index (κ2) is 9.11. The quantitative estimate of drug-likeness (QED) is 0.394. The van der Waals surface area contributed by atoms with Gasteiger partial charge in [-0.3, -0.25) is 9.36 Å². The lowest BCUT2D eigenvalue weighted by molar-refractivity contribution is 0.324. The fourth-order valence-corrected chi connectivity index (χ4v) is 6.90. The first-order valence-electron chi connectivity index (χ1n) is 11.6.